The van der Waals surface area contributed by atoms with Crippen molar-refractivity contribution in [2.75, 3.05) is 5.32 Å². The van der Waals surface area contributed by atoms with Crippen LogP contribution < -0.4 is 5.32 Å². The van der Waals surface area contributed by atoms with E-state index in [0.29, 0.717) is 5.69 Å². The lowest BCUT2D eigenvalue weighted by Gasteiger charge is -2.16. The Morgan fingerprint density at radius 2 is 1.79 bits per heavy atom. The Morgan fingerprint density at radius 3 is 2.39 bits per heavy atom. The Balaban J connectivity index is 2.01. The fourth-order valence-electron chi connectivity index (χ4n) is 3.06. The minimum Gasteiger partial charge on any atom is -0.772 e. The zero-order valence-electron chi connectivity index (χ0n) is 16.1. The molecule has 7 heteroatoms. The predicted molar refractivity (Wildman–Crippen MR) is 111 cm³/mol. The number of fused-ring (bicyclic) bond motifs is 1. The molecule has 1 atom stereocenters. The molecular formula is C21H22N3O3S-. The summed E-state index contributed by atoms with van der Waals surface area (Å²) in [5, 5.41) is 12.9. The second-order valence-electron chi connectivity index (χ2n) is 7.08. The first-order valence-electron chi connectivity index (χ1n) is 9.04. The molecule has 0 bridgehead atoms. The van der Waals surface area contributed by atoms with E-state index in [-0.39, 0.29) is 24.0 Å². The molecule has 2 aromatic carbocycles. The Bertz CT molecular complexity index is 1030. The summed E-state index contributed by atoms with van der Waals surface area (Å²) in [5.41, 5.74) is 4.90. The number of Topliss-reactive ketones (excluding diaryl/α,β-unsaturated/α-hetero) is 1. The first kappa shape index (κ1) is 20.1. The van der Waals surface area contributed by atoms with E-state index in [1.165, 1.54) is 0 Å². The second kappa shape index (κ2) is 8.58. The zero-order valence-corrected chi connectivity index (χ0v) is 16.9. The molecule has 6 nitrogen and oxygen atoms in total. The van der Waals surface area contributed by atoms with Crippen LogP contribution in [-0.4, -0.2) is 30.8 Å². The highest BCUT2D eigenvalue weighted by Gasteiger charge is 2.14. The van der Waals surface area contributed by atoms with Gasteiger partial charge in [-0.05, 0) is 49.6 Å². The number of hydrogen-bond acceptors (Lipinski definition) is 6. The molecular weight excluding hydrogens is 374 g/mol. The van der Waals surface area contributed by atoms with Crippen LogP contribution in [0.5, 0.6) is 0 Å². The minimum atomic E-state index is -2.10. The predicted octanol–water partition coefficient (Wildman–Crippen LogP) is 3.63. The SMILES string of the molecule is CC(=O)Cc1nnc2cc(-c3ccc(CS(=O)[O-])cc3)ccc2c1NC(C)C. The maximum Gasteiger partial charge on any atom is 0.135 e. The third kappa shape index (κ3) is 4.79. The van der Waals surface area contributed by atoms with Crippen LogP contribution in [0, 0.1) is 0 Å². The van der Waals surface area contributed by atoms with Crippen molar-refractivity contribution >= 4 is 33.5 Å². The van der Waals surface area contributed by atoms with Gasteiger partial charge in [0.15, 0.2) is 0 Å². The van der Waals surface area contributed by atoms with Crippen LogP contribution in [0.25, 0.3) is 22.0 Å². The second-order valence-corrected chi connectivity index (χ2v) is 7.97. The molecule has 1 aromatic heterocycles. The molecule has 0 saturated carbocycles. The van der Waals surface area contributed by atoms with Gasteiger partial charge >= 0.3 is 0 Å². The molecule has 0 aliphatic rings. The topological polar surface area (TPSA) is 95.0 Å². The van der Waals surface area contributed by atoms with Crippen LogP contribution in [0.1, 0.15) is 32.0 Å². The number of aromatic nitrogens is 2. The third-order valence-corrected chi connectivity index (χ3v) is 4.82. The Morgan fingerprint density at radius 1 is 1.11 bits per heavy atom. The van der Waals surface area contributed by atoms with Crippen LogP contribution in [0.15, 0.2) is 42.5 Å². The highest BCUT2D eigenvalue weighted by Crippen LogP contribution is 2.30. The van der Waals surface area contributed by atoms with Crippen molar-refractivity contribution in [1.29, 1.82) is 0 Å². The molecule has 1 unspecified atom stereocenters. The van der Waals surface area contributed by atoms with Crippen LogP contribution in [-0.2, 0) is 28.0 Å². The summed E-state index contributed by atoms with van der Waals surface area (Å²) < 4.78 is 21.7. The smallest absolute Gasteiger partial charge is 0.135 e. The van der Waals surface area contributed by atoms with Gasteiger partial charge in [-0.1, -0.05) is 41.4 Å². The fraction of sp³-hybridized carbons (Fsp3) is 0.286. The highest BCUT2D eigenvalue weighted by atomic mass is 32.2. The third-order valence-electron chi connectivity index (χ3n) is 4.26. The molecule has 1 N–H and O–H groups in total. The average Bonchev–Trinajstić information content (AvgIpc) is 2.62. The zero-order chi connectivity index (χ0) is 20.3. The monoisotopic (exact) mass is 396 g/mol. The van der Waals surface area contributed by atoms with E-state index in [1.54, 1.807) is 6.92 Å². The first-order chi connectivity index (χ1) is 13.3. The van der Waals surface area contributed by atoms with E-state index in [2.05, 4.69) is 15.5 Å². The molecule has 28 heavy (non-hydrogen) atoms. The van der Waals surface area contributed by atoms with Crippen molar-refractivity contribution in [3.63, 3.8) is 0 Å². The maximum absolute atomic E-state index is 11.6. The van der Waals surface area contributed by atoms with Crippen molar-refractivity contribution in [2.45, 2.75) is 39.0 Å². The summed E-state index contributed by atoms with van der Waals surface area (Å²) in [6.45, 7) is 5.61. The molecule has 0 fully saturated rings. The van der Waals surface area contributed by atoms with E-state index >= 15 is 0 Å². The summed E-state index contributed by atoms with van der Waals surface area (Å²) in [6, 6.07) is 13.5. The minimum absolute atomic E-state index is 0.00658. The van der Waals surface area contributed by atoms with Gasteiger partial charge in [-0.15, -0.1) is 0 Å². The maximum atomic E-state index is 11.6. The van der Waals surface area contributed by atoms with E-state index < -0.39 is 11.1 Å². The van der Waals surface area contributed by atoms with Gasteiger partial charge in [-0.2, -0.15) is 10.2 Å². The molecule has 146 valence electrons. The van der Waals surface area contributed by atoms with Crippen LogP contribution >= 0.6 is 0 Å². The number of benzene rings is 2. The molecule has 3 aromatic rings. The summed E-state index contributed by atoms with van der Waals surface area (Å²) in [4.78, 5) is 11.6. The number of carbonyl (C=O) groups is 1. The van der Waals surface area contributed by atoms with Crippen LogP contribution in [0.3, 0.4) is 0 Å². The van der Waals surface area contributed by atoms with Crippen molar-refractivity contribution in [3.05, 3.63) is 53.7 Å². The molecule has 0 spiro atoms. The normalized spacial score (nSPS) is 12.3. The number of nitrogens with zero attached hydrogens (tertiary/aromatic N) is 2. The first-order valence-corrected chi connectivity index (χ1v) is 10.3. The van der Waals surface area contributed by atoms with E-state index in [0.717, 1.165) is 33.3 Å². The van der Waals surface area contributed by atoms with Gasteiger partial charge in [0.25, 0.3) is 0 Å². The van der Waals surface area contributed by atoms with E-state index in [4.69, 9.17) is 0 Å². The van der Waals surface area contributed by atoms with Crippen molar-refractivity contribution in [3.8, 4) is 11.1 Å². The molecule has 0 aliphatic carbocycles. The lowest BCUT2D eigenvalue weighted by Crippen LogP contribution is -2.15. The average molecular weight is 396 g/mol. The standard InChI is InChI=1S/C21H23N3O3S/c1-13(2)22-21-18-9-8-17(11-19(18)23-24-20(21)10-14(3)25)16-6-4-15(5-7-16)12-28(26)27/h4-9,11,13H,10,12H2,1-3H3,(H,22,23)(H,26,27)/p-1. The number of carbonyl (C=O) groups excluding carboxylic acids is 1. The van der Waals surface area contributed by atoms with Crippen molar-refractivity contribution in [1.82, 2.24) is 10.2 Å². The molecule has 1 heterocycles. The van der Waals surface area contributed by atoms with Crippen LogP contribution in [0.4, 0.5) is 5.69 Å². The Hall–Kier alpha value is -2.64. The van der Waals surface area contributed by atoms with Gasteiger partial charge in [0, 0.05) is 17.2 Å². The number of anilines is 1. The number of rotatable bonds is 7. The quantitative estimate of drug-likeness (QED) is 0.613. The molecule has 0 saturated heterocycles. The lowest BCUT2D eigenvalue weighted by molar-refractivity contribution is -0.116. The number of nitrogens with one attached hydrogen (secondary N) is 1. The van der Waals surface area contributed by atoms with Gasteiger partial charge in [0.1, 0.15) is 5.78 Å². The van der Waals surface area contributed by atoms with Gasteiger partial charge in [-0.25, -0.2) is 0 Å². The summed E-state index contributed by atoms with van der Waals surface area (Å²) >= 11 is -2.10. The van der Waals surface area contributed by atoms with Gasteiger partial charge in [0.2, 0.25) is 0 Å². The fourth-order valence-corrected chi connectivity index (χ4v) is 3.53. The summed E-state index contributed by atoms with van der Waals surface area (Å²) in [7, 11) is 0. The lowest BCUT2D eigenvalue weighted by atomic mass is 10.0. The van der Waals surface area contributed by atoms with Crippen LogP contribution in [0.2, 0.25) is 0 Å². The number of ketones is 1. The Labute approximate surface area is 166 Å². The summed E-state index contributed by atoms with van der Waals surface area (Å²) in [6.07, 6.45) is 0.238. The largest absolute Gasteiger partial charge is 0.772 e. The van der Waals surface area contributed by atoms with E-state index in [1.807, 2.05) is 56.3 Å². The molecule has 0 aliphatic heterocycles. The highest BCUT2D eigenvalue weighted by molar-refractivity contribution is 7.78. The van der Waals surface area contributed by atoms with Gasteiger partial charge in [-0.3, -0.25) is 9.00 Å². The van der Waals surface area contributed by atoms with Crippen molar-refractivity contribution < 1.29 is 13.6 Å². The molecule has 0 radical (unpaired) electrons. The Kier molecular flexibility index (Phi) is 6.16. The van der Waals surface area contributed by atoms with Gasteiger partial charge < -0.3 is 9.87 Å². The molecule has 3 rings (SSSR count). The summed E-state index contributed by atoms with van der Waals surface area (Å²) in [5.74, 6) is 0.0447. The van der Waals surface area contributed by atoms with Gasteiger partial charge in [0.05, 0.1) is 23.3 Å². The number of hydrogen-bond donors (Lipinski definition) is 1. The molecule has 0 amide bonds. The van der Waals surface area contributed by atoms with Crippen molar-refractivity contribution in [2.24, 2.45) is 0 Å². The van der Waals surface area contributed by atoms with E-state index in [9.17, 15) is 13.6 Å².